The molecule has 1 amide bonds. The summed E-state index contributed by atoms with van der Waals surface area (Å²) in [6.07, 6.45) is 1.46. The largest absolute Gasteiger partial charge is 0.493 e. The molecule has 11 nitrogen and oxygen atoms in total. The van der Waals surface area contributed by atoms with Crippen LogP contribution in [0, 0.1) is 0 Å². The van der Waals surface area contributed by atoms with Crippen LogP contribution >= 0.6 is 39.1 Å². The van der Waals surface area contributed by atoms with Crippen molar-refractivity contribution in [3.63, 3.8) is 0 Å². The van der Waals surface area contributed by atoms with Crippen molar-refractivity contribution in [1.29, 1.82) is 0 Å². The van der Waals surface area contributed by atoms with Crippen molar-refractivity contribution in [3.8, 4) is 17.5 Å². The molecule has 2 heterocycles. The number of aromatic nitrogens is 4. The van der Waals surface area contributed by atoms with Crippen molar-refractivity contribution in [2.24, 2.45) is 19.2 Å². The molecule has 1 N–H and O–H groups in total. The van der Waals surface area contributed by atoms with Crippen molar-refractivity contribution in [3.05, 3.63) is 113 Å². The number of carbonyl (C=O) groups is 1. The van der Waals surface area contributed by atoms with Crippen LogP contribution in [-0.2, 0) is 20.6 Å². The van der Waals surface area contributed by atoms with Gasteiger partial charge in [0.15, 0.2) is 22.7 Å². The number of hydrazone groups is 1. The number of aryl methyl sites for hydroxylation is 1. The standard InChI is InChI=1S/C29H23BrCl2N6O5/c1-36-25-24(27(40)37(2)29(36)41)38(15-18-7-10-20(31)13-21(18)32)28(34-25)43-22-11-4-16(12-23(22)42-3)14-33-35-26(39)17-5-8-19(30)9-6-17/h4-14H,15H2,1-3H3,(H,35,39)/b33-14-. The molecule has 220 valence electrons. The SMILES string of the molecule is COc1cc(/C=N\NC(=O)c2ccc(Br)cc2)ccc1Oc1nc2c(c(=O)n(C)c(=O)n2C)n1Cc1ccc(Cl)cc1Cl. The number of methoxy groups -OCH3 is 1. The molecule has 0 spiro atoms. The number of amides is 1. The maximum atomic E-state index is 13.2. The van der Waals surface area contributed by atoms with Crippen LogP contribution < -0.4 is 26.1 Å². The third-order valence-electron chi connectivity index (χ3n) is 6.53. The van der Waals surface area contributed by atoms with Crippen LogP contribution in [0.4, 0.5) is 0 Å². The van der Waals surface area contributed by atoms with Gasteiger partial charge in [0.2, 0.25) is 0 Å². The van der Waals surface area contributed by atoms with Gasteiger partial charge in [-0.05, 0) is 65.7 Å². The minimum atomic E-state index is -0.547. The van der Waals surface area contributed by atoms with E-state index in [1.165, 1.54) is 32.0 Å². The molecular formula is C29H23BrCl2N6O5. The number of halogens is 3. The number of imidazole rings is 1. The summed E-state index contributed by atoms with van der Waals surface area (Å²) in [6, 6.07) is 16.9. The number of benzene rings is 3. The highest BCUT2D eigenvalue weighted by Crippen LogP contribution is 2.34. The fourth-order valence-corrected chi connectivity index (χ4v) is 4.98. The highest BCUT2D eigenvalue weighted by molar-refractivity contribution is 9.10. The van der Waals surface area contributed by atoms with Crippen LogP contribution in [0.2, 0.25) is 10.0 Å². The Labute approximate surface area is 263 Å². The van der Waals surface area contributed by atoms with Gasteiger partial charge >= 0.3 is 11.7 Å². The number of ether oxygens (including phenoxy) is 2. The maximum absolute atomic E-state index is 13.2. The number of fused-ring (bicyclic) bond motifs is 1. The Kier molecular flexibility index (Phi) is 8.71. The van der Waals surface area contributed by atoms with Gasteiger partial charge in [-0.25, -0.2) is 10.2 Å². The van der Waals surface area contributed by atoms with E-state index in [2.05, 4.69) is 31.4 Å². The summed E-state index contributed by atoms with van der Waals surface area (Å²) < 4.78 is 16.4. The highest BCUT2D eigenvalue weighted by Gasteiger charge is 2.22. The summed E-state index contributed by atoms with van der Waals surface area (Å²) in [5.74, 6) is 0.239. The fraction of sp³-hybridized carbons (Fsp3) is 0.138. The fourth-order valence-electron chi connectivity index (χ4n) is 4.25. The number of nitrogens with one attached hydrogen (secondary N) is 1. The van der Waals surface area contributed by atoms with Crippen LogP contribution in [0.3, 0.4) is 0 Å². The van der Waals surface area contributed by atoms with E-state index in [1.54, 1.807) is 65.2 Å². The lowest BCUT2D eigenvalue weighted by Crippen LogP contribution is -2.37. The number of hydrogen-bond donors (Lipinski definition) is 1. The summed E-state index contributed by atoms with van der Waals surface area (Å²) in [6.45, 7) is 0.0976. The molecule has 2 aromatic heterocycles. The molecule has 0 aliphatic carbocycles. The summed E-state index contributed by atoms with van der Waals surface area (Å²) in [7, 11) is 4.38. The van der Waals surface area contributed by atoms with Crippen LogP contribution in [0.5, 0.6) is 17.5 Å². The summed E-state index contributed by atoms with van der Waals surface area (Å²) >= 11 is 15.9. The van der Waals surface area contributed by atoms with Gasteiger partial charge in [-0.15, -0.1) is 0 Å². The number of carbonyl (C=O) groups excluding carboxylic acids is 1. The van der Waals surface area contributed by atoms with Crippen molar-refractivity contribution >= 4 is 62.4 Å². The Balaban J connectivity index is 1.49. The molecule has 5 aromatic rings. The molecule has 0 bridgehead atoms. The van der Waals surface area contributed by atoms with Crippen LogP contribution in [0.15, 0.2) is 79.8 Å². The van der Waals surface area contributed by atoms with E-state index in [4.69, 9.17) is 32.7 Å². The first-order valence-corrected chi connectivity index (χ1v) is 14.2. The van der Waals surface area contributed by atoms with Crippen molar-refractivity contribution in [1.82, 2.24) is 24.1 Å². The van der Waals surface area contributed by atoms with Gasteiger partial charge < -0.3 is 9.47 Å². The van der Waals surface area contributed by atoms with Crippen LogP contribution in [-0.4, -0.2) is 37.9 Å². The van der Waals surface area contributed by atoms with Crippen LogP contribution in [0.25, 0.3) is 11.2 Å². The second-order valence-corrected chi connectivity index (χ2v) is 11.1. The van der Waals surface area contributed by atoms with Gasteiger partial charge in [0.25, 0.3) is 11.5 Å². The summed E-state index contributed by atoms with van der Waals surface area (Å²) in [5, 5.41) is 4.87. The first-order valence-electron chi connectivity index (χ1n) is 12.6. The zero-order valence-corrected chi connectivity index (χ0v) is 26.1. The van der Waals surface area contributed by atoms with E-state index in [1.807, 2.05) is 0 Å². The van der Waals surface area contributed by atoms with Gasteiger partial charge in [-0.3, -0.25) is 23.3 Å². The third-order valence-corrected chi connectivity index (χ3v) is 7.65. The topological polar surface area (TPSA) is 122 Å². The Morgan fingerprint density at radius 2 is 1.77 bits per heavy atom. The van der Waals surface area contributed by atoms with Crippen molar-refractivity contribution in [2.45, 2.75) is 6.54 Å². The normalized spacial score (nSPS) is 11.3. The zero-order valence-electron chi connectivity index (χ0n) is 23.0. The Morgan fingerprint density at radius 1 is 1.02 bits per heavy atom. The summed E-state index contributed by atoms with van der Waals surface area (Å²) in [4.78, 5) is 42.7. The molecule has 0 fully saturated rings. The van der Waals surface area contributed by atoms with Gasteiger partial charge in [0.1, 0.15) is 0 Å². The average Bonchev–Trinajstić information content (AvgIpc) is 3.35. The molecule has 0 saturated carbocycles. The zero-order chi connectivity index (χ0) is 30.8. The van der Waals surface area contributed by atoms with E-state index < -0.39 is 11.2 Å². The molecule has 0 unspecified atom stereocenters. The first kappa shape index (κ1) is 30.1. The average molecular weight is 686 g/mol. The third kappa shape index (κ3) is 6.21. The second-order valence-electron chi connectivity index (χ2n) is 9.31. The minimum Gasteiger partial charge on any atom is -0.493 e. The lowest BCUT2D eigenvalue weighted by Gasteiger charge is -2.13. The van der Waals surface area contributed by atoms with Crippen molar-refractivity contribution in [2.75, 3.05) is 7.11 Å². The molecule has 0 aliphatic heterocycles. The molecule has 43 heavy (non-hydrogen) atoms. The molecule has 0 saturated heterocycles. The van der Waals surface area contributed by atoms with E-state index >= 15 is 0 Å². The van der Waals surface area contributed by atoms with E-state index in [9.17, 15) is 14.4 Å². The Hall–Kier alpha value is -4.39. The van der Waals surface area contributed by atoms with Gasteiger partial charge in [0, 0.05) is 34.2 Å². The smallest absolute Gasteiger partial charge is 0.332 e. The van der Waals surface area contributed by atoms with E-state index in [0.29, 0.717) is 32.5 Å². The maximum Gasteiger partial charge on any atom is 0.332 e. The van der Waals surface area contributed by atoms with Gasteiger partial charge in [-0.1, -0.05) is 45.2 Å². The number of nitrogens with zero attached hydrogens (tertiary/aromatic N) is 5. The molecule has 3 aromatic carbocycles. The Morgan fingerprint density at radius 3 is 2.47 bits per heavy atom. The minimum absolute atomic E-state index is 0.0285. The predicted molar refractivity (Wildman–Crippen MR) is 168 cm³/mol. The van der Waals surface area contributed by atoms with Crippen LogP contribution in [0.1, 0.15) is 21.5 Å². The molecular weight excluding hydrogens is 663 g/mol. The molecule has 5 rings (SSSR count). The first-order chi connectivity index (χ1) is 20.6. The lowest BCUT2D eigenvalue weighted by molar-refractivity contribution is 0.0955. The Bertz CT molecular complexity index is 2020. The van der Waals surface area contributed by atoms with Gasteiger partial charge in [-0.2, -0.15) is 10.1 Å². The van der Waals surface area contributed by atoms with Gasteiger partial charge in [0.05, 0.1) is 19.9 Å². The molecule has 0 atom stereocenters. The number of hydrogen-bond acceptors (Lipinski definition) is 7. The number of rotatable bonds is 8. The van der Waals surface area contributed by atoms with Crippen molar-refractivity contribution < 1.29 is 14.3 Å². The highest BCUT2D eigenvalue weighted by atomic mass is 79.9. The molecule has 0 aliphatic rings. The second kappa shape index (κ2) is 12.5. The monoisotopic (exact) mass is 684 g/mol. The molecule has 0 radical (unpaired) electrons. The molecule has 14 heteroatoms. The lowest BCUT2D eigenvalue weighted by atomic mass is 10.2. The summed E-state index contributed by atoms with van der Waals surface area (Å²) in [5.41, 5.74) is 3.40. The van der Waals surface area contributed by atoms with E-state index in [0.717, 1.165) is 9.04 Å². The quantitative estimate of drug-likeness (QED) is 0.179. The van der Waals surface area contributed by atoms with E-state index in [-0.39, 0.29) is 35.4 Å². The predicted octanol–water partition coefficient (Wildman–Crippen LogP) is 5.12.